The fourth-order valence-corrected chi connectivity index (χ4v) is 2.32. The van der Waals surface area contributed by atoms with Crippen LogP contribution in [0.2, 0.25) is 5.02 Å². The Kier molecular flexibility index (Phi) is 7.36. The van der Waals surface area contributed by atoms with Gasteiger partial charge in [0.1, 0.15) is 5.60 Å². The molecule has 0 fully saturated rings. The van der Waals surface area contributed by atoms with Crippen LogP contribution < -0.4 is 5.32 Å². The van der Waals surface area contributed by atoms with E-state index in [9.17, 15) is 4.79 Å². The van der Waals surface area contributed by atoms with E-state index in [2.05, 4.69) is 19.2 Å². The maximum absolute atomic E-state index is 12.0. The first-order valence-electron chi connectivity index (χ1n) is 8.01. The van der Waals surface area contributed by atoms with E-state index in [4.69, 9.17) is 16.3 Å². The summed E-state index contributed by atoms with van der Waals surface area (Å²) in [5, 5.41) is 4.23. The molecule has 1 amide bonds. The molecule has 1 aromatic rings. The van der Waals surface area contributed by atoms with Gasteiger partial charge < -0.3 is 15.0 Å². The minimum Gasteiger partial charge on any atom is -0.444 e. The highest BCUT2D eigenvalue weighted by Crippen LogP contribution is 2.16. The molecule has 0 aromatic heterocycles. The zero-order valence-electron chi connectivity index (χ0n) is 15.0. The van der Waals surface area contributed by atoms with E-state index >= 15 is 0 Å². The van der Waals surface area contributed by atoms with Gasteiger partial charge in [0.25, 0.3) is 0 Å². The van der Waals surface area contributed by atoms with E-state index in [1.807, 2.05) is 45.0 Å². The molecule has 0 heterocycles. The largest absolute Gasteiger partial charge is 0.444 e. The number of hydrogen-bond acceptors (Lipinski definition) is 3. The minimum atomic E-state index is -0.462. The molecular formula is C18H29ClN2O2. The van der Waals surface area contributed by atoms with E-state index in [0.717, 1.165) is 11.6 Å². The van der Waals surface area contributed by atoms with Gasteiger partial charge in [-0.1, -0.05) is 30.7 Å². The van der Waals surface area contributed by atoms with Crippen molar-refractivity contribution in [3.05, 3.63) is 34.9 Å². The third-order valence-electron chi connectivity index (χ3n) is 3.43. The smallest absolute Gasteiger partial charge is 0.410 e. The van der Waals surface area contributed by atoms with Crippen LogP contribution in [-0.2, 0) is 4.74 Å². The first kappa shape index (κ1) is 19.8. The molecule has 2 unspecified atom stereocenters. The topological polar surface area (TPSA) is 41.6 Å². The fourth-order valence-electron chi connectivity index (χ4n) is 2.19. The SMILES string of the molecule is CC(CNC(C)c1ccc(Cl)cc1)CN(C)C(=O)OC(C)(C)C. The Labute approximate surface area is 145 Å². The average molecular weight is 341 g/mol. The molecule has 2 atom stereocenters. The minimum absolute atomic E-state index is 0.238. The third-order valence-corrected chi connectivity index (χ3v) is 3.69. The summed E-state index contributed by atoms with van der Waals surface area (Å²) in [7, 11) is 1.77. The van der Waals surface area contributed by atoms with Crippen LogP contribution in [0.5, 0.6) is 0 Å². The van der Waals surface area contributed by atoms with E-state index in [0.29, 0.717) is 12.5 Å². The normalized spacial score (nSPS) is 14.2. The molecule has 5 heteroatoms. The van der Waals surface area contributed by atoms with E-state index in [1.54, 1.807) is 11.9 Å². The second-order valence-electron chi connectivity index (χ2n) is 7.15. The molecule has 0 aliphatic rings. The van der Waals surface area contributed by atoms with Crippen molar-refractivity contribution < 1.29 is 9.53 Å². The molecule has 0 spiro atoms. The Morgan fingerprint density at radius 3 is 2.35 bits per heavy atom. The lowest BCUT2D eigenvalue weighted by Crippen LogP contribution is -2.38. The summed E-state index contributed by atoms with van der Waals surface area (Å²) in [6.45, 7) is 11.3. The van der Waals surface area contributed by atoms with Gasteiger partial charge in [-0.15, -0.1) is 0 Å². The number of amides is 1. The molecule has 0 aliphatic heterocycles. The Morgan fingerprint density at radius 2 is 1.83 bits per heavy atom. The van der Waals surface area contributed by atoms with Crippen molar-refractivity contribution in [2.24, 2.45) is 5.92 Å². The zero-order chi connectivity index (χ0) is 17.6. The van der Waals surface area contributed by atoms with Gasteiger partial charge in [0.2, 0.25) is 0 Å². The van der Waals surface area contributed by atoms with Crippen LogP contribution in [-0.4, -0.2) is 36.7 Å². The lowest BCUT2D eigenvalue weighted by atomic mass is 10.1. The maximum atomic E-state index is 12.0. The molecule has 1 N–H and O–H groups in total. The number of carbonyl (C=O) groups is 1. The van der Waals surface area contributed by atoms with Crippen LogP contribution in [0.1, 0.15) is 46.2 Å². The summed E-state index contributed by atoms with van der Waals surface area (Å²) >= 11 is 5.91. The number of nitrogens with zero attached hydrogens (tertiary/aromatic N) is 1. The summed E-state index contributed by atoms with van der Waals surface area (Å²) in [5.41, 5.74) is 0.734. The Morgan fingerprint density at radius 1 is 1.26 bits per heavy atom. The summed E-state index contributed by atoms with van der Waals surface area (Å²) in [6.07, 6.45) is -0.282. The first-order chi connectivity index (χ1) is 10.6. The van der Waals surface area contributed by atoms with Gasteiger partial charge in [-0.3, -0.25) is 0 Å². The van der Waals surface area contributed by atoms with Gasteiger partial charge in [0.05, 0.1) is 0 Å². The number of hydrogen-bond donors (Lipinski definition) is 1. The van der Waals surface area contributed by atoms with Gasteiger partial charge in [-0.2, -0.15) is 0 Å². The zero-order valence-corrected chi connectivity index (χ0v) is 15.8. The van der Waals surface area contributed by atoms with Crippen molar-refractivity contribution in [3.8, 4) is 0 Å². The Bertz CT molecular complexity index is 497. The van der Waals surface area contributed by atoms with Crippen LogP contribution in [0.4, 0.5) is 4.79 Å². The highest BCUT2D eigenvalue weighted by atomic mass is 35.5. The molecule has 0 saturated carbocycles. The quantitative estimate of drug-likeness (QED) is 0.829. The lowest BCUT2D eigenvalue weighted by Gasteiger charge is -2.27. The van der Waals surface area contributed by atoms with Crippen molar-refractivity contribution in [3.63, 3.8) is 0 Å². The van der Waals surface area contributed by atoms with Crippen LogP contribution in [0, 0.1) is 5.92 Å². The standard InChI is InChI=1S/C18H29ClN2O2/c1-13(12-21(6)17(22)23-18(3,4)5)11-20-14(2)15-7-9-16(19)10-8-15/h7-10,13-14,20H,11-12H2,1-6H3. The van der Waals surface area contributed by atoms with E-state index < -0.39 is 5.60 Å². The summed E-state index contributed by atoms with van der Waals surface area (Å²) in [4.78, 5) is 13.6. The summed E-state index contributed by atoms with van der Waals surface area (Å²) in [5.74, 6) is 0.322. The number of ether oxygens (including phenoxy) is 1. The second kappa shape index (κ2) is 8.55. The Hall–Kier alpha value is -1.26. The molecule has 23 heavy (non-hydrogen) atoms. The first-order valence-corrected chi connectivity index (χ1v) is 8.39. The van der Waals surface area contributed by atoms with Crippen molar-refractivity contribution in [2.75, 3.05) is 20.1 Å². The molecule has 0 saturated heterocycles. The van der Waals surface area contributed by atoms with Crippen molar-refractivity contribution in [1.29, 1.82) is 0 Å². The lowest BCUT2D eigenvalue weighted by molar-refractivity contribution is 0.0276. The maximum Gasteiger partial charge on any atom is 0.410 e. The number of carbonyl (C=O) groups excluding carboxylic acids is 1. The van der Waals surface area contributed by atoms with Crippen LogP contribution in [0.25, 0.3) is 0 Å². The molecule has 4 nitrogen and oxygen atoms in total. The number of nitrogens with one attached hydrogen (secondary N) is 1. The highest BCUT2D eigenvalue weighted by molar-refractivity contribution is 6.30. The van der Waals surface area contributed by atoms with Gasteiger partial charge >= 0.3 is 6.09 Å². The molecule has 0 radical (unpaired) electrons. The molecule has 0 bridgehead atoms. The average Bonchev–Trinajstić information content (AvgIpc) is 2.43. The van der Waals surface area contributed by atoms with E-state index in [-0.39, 0.29) is 12.1 Å². The molecule has 1 rings (SSSR count). The van der Waals surface area contributed by atoms with Gasteiger partial charge in [-0.05, 0) is 57.9 Å². The summed E-state index contributed by atoms with van der Waals surface area (Å²) in [6, 6.07) is 8.08. The predicted molar refractivity (Wildman–Crippen MR) is 95.9 cm³/mol. The summed E-state index contributed by atoms with van der Waals surface area (Å²) < 4.78 is 5.36. The van der Waals surface area contributed by atoms with Crippen LogP contribution >= 0.6 is 11.6 Å². The monoisotopic (exact) mass is 340 g/mol. The predicted octanol–water partition coefficient (Wildman–Crippen LogP) is 4.49. The van der Waals surface area contributed by atoms with Gasteiger partial charge in [-0.25, -0.2) is 4.79 Å². The molecular weight excluding hydrogens is 312 g/mol. The highest BCUT2D eigenvalue weighted by Gasteiger charge is 2.20. The number of benzene rings is 1. The van der Waals surface area contributed by atoms with Crippen molar-refractivity contribution >= 4 is 17.7 Å². The number of halogens is 1. The van der Waals surface area contributed by atoms with Gasteiger partial charge in [0.15, 0.2) is 0 Å². The molecule has 0 aliphatic carbocycles. The Balaban J connectivity index is 2.40. The number of rotatable bonds is 6. The van der Waals surface area contributed by atoms with Crippen LogP contribution in [0.3, 0.4) is 0 Å². The van der Waals surface area contributed by atoms with E-state index in [1.165, 1.54) is 5.56 Å². The third kappa shape index (κ3) is 7.71. The van der Waals surface area contributed by atoms with Crippen LogP contribution in [0.15, 0.2) is 24.3 Å². The second-order valence-corrected chi connectivity index (χ2v) is 7.58. The molecule has 1 aromatic carbocycles. The fraction of sp³-hybridized carbons (Fsp3) is 0.611. The molecule has 130 valence electrons. The van der Waals surface area contributed by atoms with Crippen molar-refractivity contribution in [2.45, 2.75) is 46.3 Å². The van der Waals surface area contributed by atoms with Crippen molar-refractivity contribution in [1.82, 2.24) is 10.2 Å². The van der Waals surface area contributed by atoms with Gasteiger partial charge in [0, 0.05) is 24.7 Å².